The van der Waals surface area contributed by atoms with Crippen LogP contribution in [-0.4, -0.2) is 43.3 Å². The van der Waals surface area contributed by atoms with Gasteiger partial charge in [0.15, 0.2) is 25.0 Å². The third-order valence-electron chi connectivity index (χ3n) is 9.48. The van der Waals surface area contributed by atoms with Crippen molar-refractivity contribution in [3.63, 3.8) is 0 Å². The molecule has 8 atom stereocenters. The van der Waals surface area contributed by atoms with E-state index < -0.39 is 25.0 Å². The second kappa shape index (κ2) is 8.94. The van der Waals surface area contributed by atoms with Gasteiger partial charge in [0.05, 0.1) is 12.2 Å². The Morgan fingerprint density at radius 1 is 0.706 bits per heavy atom. The van der Waals surface area contributed by atoms with Crippen LogP contribution in [0.4, 0.5) is 0 Å². The fraction of sp³-hybridized carbons (Fsp3) is 0.929. The summed E-state index contributed by atoms with van der Waals surface area (Å²) in [5.74, 6) is 2.11. The maximum Gasteiger partial charge on any atom is 0.184 e. The summed E-state index contributed by atoms with van der Waals surface area (Å²) in [5.41, 5.74) is 2.30. The van der Waals surface area contributed by atoms with Gasteiger partial charge < -0.3 is 13.3 Å². The van der Waals surface area contributed by atoms with Gasteiger partial charge in [-0.05, 0) is 132 Å². The Morgan fingerprint density at radius 2 is 1.32 bits per heavy atom. The Kier molecular flexibility index (Phi) is 7.18. The minimum atomic E-state index is -1.67. The van der Waals surface area contributed by atoms with Crippen LogP contribution in [0.25, 0.3) is 0 Å². The van der Waals surface area contributed by atoms with Crippen LogP contribution < -0.4 is 0 Å². The second-order valence-electron chi connectivity index (χ2n) is 15.5. The lowest BCUT2D eigenvalue weighted by Gasteiger charge is -2.60. The Morgan fingerprint density at radius 3 is 1.91 bits per heavy atom. The molecule has 0 N–H and O–H groups in total. The Labute approximate surface area is 214 Å². The van der Waals surface area contributed by atoms with E-state index in [9.17, 15) is 0 Å². The average molecular weight is 523 g/mol. The molecular formula is C28H54O3Si3. The SMILES string of the molecule is C[C@]12CC[C@H](O[Si](C)(C)C)CC1=CC(O[Si](C)(C)C)C1C2CC[C@@]2(C)C1CC[C@@H]2O[Si](C)(C)C. The molecule has 6 heteroatoms. The predicted molar refractivity (Wildman–Crippen MR) is 152 cm³/mol. The number of rotatable bonds is 6. The Bertz CT molecular complexity index is 792. The molecule has 4 aliphatic carbocycles. The highest BCUT2D eigenvalue weighted by molar-refractivity contribution is 6.70. The van der Waals surface area contributed by atoms with Crippen molar-refractivity contribution >= 4 is 25.0 Å². The van der Waals surface area contributed by atoms with Gasteiger partial charge in [0.1, 0.15) is 0 Å². The molecule has 3 fully saturated rings. The second-order valence-corrected chi connectivity index (χ2v) is 28.9. The van der Waals surface area contributed by atoms with Crippen molar-refractivity contribution in [2.24, 2.45) is 28.6 Å². The third kappa shape index (κ3) is 5.42. The topological polar surface area (TPSA) is 27.7 Å². The molecule has 34 heavy (non-hydrogen) atoms. The van der Waals surface area contributed by atoms with E-state index in [2.05, 4.69) is 78.8 Å². The van der Waals surface area contributed by atoms with Crippen molar-refractivity contribution in [2.75, 3.05) is 0 Å². The largest absolute Gasteiger partial charge is 0.414 e. The highest BCUT2D eigenvalue weighted by atomic mass is 28.4. The van der Waals surface area contributed by atoms with E-state index >= 15 is 0 Å². The molecule has 0 aromatic rings. The lowest BCUT2D eigenvalue weighted by molar-refractivity contribution is -0.0981. The van der Waals surface area contributed by atoms with E-state index in [1.807, 2.05) is 0 Å². The van der Waals surface area contributed by atoms with Crippen molar-refractivity contribution < 1.29 is 13.3 Å². The average Bonchev–Trinajstić information content (AvgIpc) is 2.95. The molecule has 196 valence electrons. The molecule has 0 aliphatic heterocycles. The first-order valence-corrected chi connectivity index (χ1v) is 24.4. The molecule has 0 amide bonds. The molecule has 4 aliphatic rings. The first kappa shape index (κ1) is 27.3. The summed E-state index contributed by atoms with van der Waals surface area (Å²) in [5, 5.41) is 0. The summed E-state index contributed by atoms with van der Waals surface area (Å²) in [7, 11) is -4.77. The molecular weight excluding hydrogens is 469 g/mol. The molecule has 0 spiro atoms. The van der Waals surface area contributed by atoms with Crippen molar-refractivity contribution in [3.05, 3.63) is 11.6 Å². The van der Waals surface area contributed by atoms with Gasteiger partial charge in [0.25, 0.3) is 0 Å². The maximum atomic E-state index is 7.07. The van der Waals surface area contributed by atoms with E-state index in [1.165, 1.54) is 38.5 Å². The van der Waals surface area contributed by atoms with Crippen LogP contribution in [0.3, 0.4) is 0 Å². The predicted octanol–water partition coefficient (Wildman–Crippen LogP) is 8.22. The fourth-order valence-electron chi connectivity index (χ4n) is 8.28. The smallest absolute Gasteiger partial charge is 0.184 e. The number of hydrogen-bond acceptors (Lipinski definition) is 3. The summed E-state index contributed by atoms with van der Waals surface area (Å²) in [6, 6.07) is 0. The van der Waals surface area contributed by atoms with Crippen LogP contribution in [0.1, 0.15) is 58.8 Å². The summed E-state index contributed by atoms with van der Waals surface area (Å²) in [6.07, 6.45) is 12.6. The van der Waals surface area contributed by atoms with E-state index in [-0.39, 0.29) is 6.10 Å². The van der Waals surface area contributed by atoms with Gasteiger partial charge in [-0.25, -0.2) is 0 Å². The first-order chi connectivity index (χ1) is 15.4. The highest BCUT2D eigenvalue weighted by Gasteiger charge is 2.62. The number of fused-ring (bicyclic) bond motifs is 5. The van der Waals surface area contributed by atoms with Gasteiger partial charge in [-0.15, -0.1) is 0 Å². The third-order valence-corrected chi connectivity index (χ3v) is 12.5. The molecule has 0 bridgehead atoms. The molecule has 0 aromatic carbocycles. The van der Waals surface area contributed by atoms with Crippen molar-refractivity contribution in [1.82, 2.24) is 0 Å². The fourth-order valence-corrected chi connectivity index (χ4v) is 11.8. The maximum absolute atomic E-state index is 7.07. The zero-order chi connectivity index (χ0) is 25.3. The molecule has 3 nitrogen and oxygen atoms in total. The molecule has 4 unspecified atom stereocenters. The van der Waals surface area contributed by atoms with Crippen molar-refractivity contribution in [1.29, 1.82) is 0 Å². The quantitative estimate of drug-likeness (QED) is 0.260. The minimum Gasteiger partial charge on any atom is -0.414 e. The minimum absolute atomic E-state index is 0.278. The Balaban J connectivity index is 1.68. The molecule has 0 heterocycles. The normalized spacial score (nSPS) is 43.1. The van der Waals surface area contributed by atoms with Crippen LogP contribution >= 0.6 is 0 Å². The summed E-state index contributed by atoms with van der Waals surface area (Å²) in [4.78, 5) is 0. The molecule has 0 radical (unpaired) electrons. The van der Waals surface area contributed by atoms with E-state index in [1.54, 1.807) is 5.57 Å². The van der Waals surface area contributed by atoms with E-state index in [4.69, 9.17) is 13.3 Å². The van der Waals surface area contributed by atoms with E-state index in [0.29, 0.717) is 29.0 Å². The van der Waals surface area contributed by atoms with Crippen LogP contribution in [0.15, 0.2) is 11.6 Å². The van der Waals surface area contributed by atoms with Crippen LogP contribution in [0.2, 0.25) is 58.9 Å². The van der Waals surface area contributed by atoms with Crippen LogP contribution in [0.5, 0.6) is 0 Å². The lowest BCUT2D eigenvalue weighted by Crippen LogP contribution is -2.57. The summed E-state index contributed by atoms with van der Waals surface area (Å²) in [6.45, 7) is 26.4. The van der Waals surface area contributed by atoms with Gasteiger partial charge in [-0.3, -0.25) is 0 Å². The standard InChI is InChI=1S/C28H54O3Si3/c1-27-16-14-21(29-32(3,4)5)18-20(27)19-24(30-33(6,7)8)26-22-12-13-25(31-34(9,10)11)28(22,2)17-15-23(26)27/h19,21-26H,12-18H2,1-11H3/t21-,22?,23?,24?,25-,26?,27-,28-/m0/s1. The van der Waals surface area contributed by atoms with Crippen molar-refractivity contribution in [2.45, 2.75) is 136 Å². The molecule has 4 rings (SSSR count). The van der Waals surface area contributed by atoms with E-state index in [0.717, 1.165) is 18.3 Å². The Hall–Kier alpha value is 0.271. The van der Waals surface area contributed by atoms with Gasteiger partial charge >= 0.3 is 0 Å². The van der Waals surface area contributed by atoms with Crippen LogP contribution in [0, 0.1) is 28.6 Å². The van der Waals surface area contributed by atoms with Gasteiger partial charge in [-0.2, -0.15) is 0 Å². The van der Waals surface area contributed by atoms with Gasteiger partial charge in [0, 0.05) is 6.10 Å². The molecule has 0 aromatic heterocycles. The summed E-state index contributed by atoms with van der Waals surface area (Å²) < 4.78 is 20.6. The monoisotopic (exact) mass is 522 g/mol. The first-order valence-electron chi connectivity index (χ1n) is 14.2. The summed E-state index contributed by atoms with van der Waals surface area (Å²) >= 11 is 0. The van der Waals surface area contributed by atoms with Crippen LogP contribution in [-0.2, 0) is 13.3 Å². The zero-order valence-corrected chi connectivity index (χ0v) is 27.2. The van der Waals surface area contributed by atoms with Crippen molar-refractivity contribution in [3.8, 4) is 0 Å². The zero-order valence-electron chi connectivity index (χ0n) is 24.2. The molecule has 0 saturated heterocycles. The van der Waals surface area contributed by atoms with Gasteiger partial charge in [-0.1, -0.05) is 25.5 Å². The number of hydrogen-bond donors (Lipinski definition) is 0. The van der Waals surface area contributed by atoms with Gasteiger partial charge in [0.2, 0.25) is 0 Å². The highest BCUT2D eigenvalue weighted by Crippen LogP contribution is 2.66. The lowest BCUT2D eigenvalue weighted by atomic mass is 9.47. The molecule has 3 saturated carbocycles.